The molecule has 2 rings (SSSR count). The average molecular weight is 350 g/mol. The van der Waals surface area contributed by atoms with E-state index in [9.17, 15) is 8.42 Å². The zero-order chi connectivity index (χ0) is 20.0. The number of nitrogens with zero attached hydrogens (tertiary/aromatic N) is 1. The SMILES string of the molecule is [B]C([B])([B])C([B])([B])C([B])([B])N1CCC(c2cccc(S(C)(=O)=O)c2)CC1. The molecule has 0 saturated carbocycles. The highest BCUT2D eigenvalue weighted by atomic mass is 32.2. The van der Waals surface area contributed by atoms with E-state index in [1.165, 1.54) is 6.26 Å². The largest absolute Gasteiger partial charge is 0.315 e. The molecular weight excluding hydrogens is 334 g/mol. The molecule has 0 aliphatic carbocycles. The summed E-state index contributed by atoms with van der Waals surface area (Å²) < 4.78 is 23.5. The normalized spacial score (nSPS) is 18.7. The molecule has 11 heteroatoms. The Hall–Kier alpha value is -0.415. The molecule has 1 aromatic carbocycles. The van der Waals surface area contributed by atoms with Crippen LogP contribution in [0.5, 0.6) is 0 Å². The van der Waals surface area contributed by atoms with Crippen molar-refractivity contribution in [3.63, 3.8) is 0 Å². The van der Waals surface area contributed by atoms with E-state index in [0.717, 1.165) is 5.56 Å². The summed E-state index contributed by atoms with van der Waals surface area (Å²) in [5.74, 6) is 0.159. The molecule has 1 aromatic rings. The van der Waals surface area contributed by atoms with Crippen LogP contribution >= 0.6 is 0 Å². The summed E-state index contributed by atoms with van der Waals surface area (Å²) in [6.45, 7) is 0.958. The minimum absolute atomic E-state index is 0.159. The van der Waals surface area contributed by atoms with E-state index in [2.05, 4.69) is 0 Å². The maximum atomic E-state index is 11.8. The van der Waals surface area contributed by atoms with Gasteiger partial charge in [0, 0.05) is 29.8 Å². The van der Waals surface area contributed by atoms with Crippen molar-refractivity contribution < 1.29 is 8.42 Å². The van der Waals surface area contributed by atoms with Crippen molar-refractivity contribution in [2.24, 2.45) is 0 Å². The first-order valence-electron chi connectivity index (χ1n) is 8.25. The highest BCUT2D eigenvalue weighted by Gasteiger charge is 2.45. The minimum atomic E-state index is -3.26. The Kier molecular flexibility index (Phi) is 6.06. The number of hydrogen-bond donors (Lipinski definition) is 0. The Morgan fingerprint density at radius 1 is 1.00 bits per heavy atom. The van der Waals surface area contributed by atoms with E-state index in [-0.39, 0.29) is 5.92 Å². The Morgan fingerprint density at radius 3 is 2.00 bits per heavy atom. The Labute approximate surface area is 166 Å². The van der Waals surface area contributed by atoms with Crippen LogP contribution in [0.3, 0.4) is 0 Å². The van der Waals surface area contributed by atoms with Gasteiger partial charge in [0.15, 0.2) is 9.84 Å². The van der Waals surface area contributed by atoms with Gasteiger partial charge in [-0.25, -0.2) is 8.42 Å². The van der Waals surface area contributed by atoms with Crippen LogP contribution in [0.15, 0.2) is 29.2 Å². The molecule has 0 N–H and O–H groups in total. The van der Waals surface area contributed by atoms with Gasteiger partial charge < -0.3 is 4.90 Å². The molecule has 1 heterocycles. The van der Waals surface area contributed by atoms with E-state index in [1.807, 2.05) is 6.07 Å². The molecule has 0 aromatic heterocycles. The van der Waals surface area contributed by atoms with Gasteiger partial charge in [0.05, 0.1) is 36.3 Å². The van der Waals surface area contributed by atoms with Gasteiger partial charge in [0.2, 0.25) is 0 Å². The molecule has 1 aliphatic rings. The van der Waals surface area contributed by atoms with Crippen LogP contribution in [0.1, 0.15) is 24.3 Å². The van der Waals surface area contributed by atoms with E-state index in [1.54, 1.807) is 23.1 Å². The van der Waals surface area contributed by atoms with Gasteiger partial charge >= 0.3 is 0 Å². The lowest BCUT2D eigenvalue weighted by Crippen LogP contribution is -2.64. The highest BCUT2D eigenvalue weighted by molar-refractivity contribution is 7.90. The highest BCUT2D eigenvalue weighted by Crippen LogP contribution is 2.48. The van der Waals surface area contributed by atoms with Crippen LogP contribution in [-0.4, -0.2) is 92.9 Å². The third-order valence-corrected chi connectivity index (χ3v) is 6.27. The number of hydrogen-bond acceptors (Lipinski definition) is 3. The summed E-state index contributed by atoms with van der Waals surface area (Å²) in [4.78, 5) is 2.00. The van der Waals surface area contributed by atoms with Crippen LogP contribution in [-0.2, 0) is 9.84 Å². The third-order valence-electron chi connectivity index (χ3n) is 5.16. The monoisotopic (exact) mass is 351 g/mol. The van der Waals surface area contributed by atoms with Crippen LogP contribution in [0.2, 0.25) is 10.3 Å². The fourth-order valence-corrected chi connectivity index (χ4v) is 3.87. The summed E-state index contributed by atoms with van der Waals surface area (Å²) in [7, 11) is 37.9. The van der Waals surface area contributed by atoms with Crippen molar-refractivity contribution in [3.05, 3.63) is 29.8 Å². The lowest BCUT2D eigenvalue weighted by Gasteiger charge is -2.60. The lowest BCUT2D eigenvalue weighted by molar-refractivity contribution is 0.157. The van der Waals surface area contributed by atoms with Crippen LogP contribution < -0.4 is 0 Å². The second-order valence-corrected chi connectivity index (χ2v) is 9.25. The third kappa shape index (κ3) is 4.19. The fourth-order valence-electron chi connectivity index (χ4n) is 3.19. The fraction of sp³-hybridized carbons (Fsp3) is 0.600. The van der Waals surface area contributed by atoms with E-state index in [0.29, 0.717) is 30.8 Å². The molecule has 26 heavy (non-hydrogen) atoms. The number of benzene rings is 1. The van der Waals surface area contributed by atoms with Gasteiger partial charge in [0.1, 0.15) is 0 Å². The smallest absolute Gasteiger partial charge is 0.175 e. The quantitative estimate of drug-likeness (QED) is 0.659. The summed E-state index contributed by atoms with van der Waals surface area (Å²) in [6, 6.07) is 6.94. The molecule has 0 unspecified atom stereocenters. The van der Waals surface area contributed by atoms with Crippen molar-refractivity contribution in [1.29, 1.82) is 0 Å². The van der Waals surface area contributed by atoms with Crippen LogP contribution in [0.25, 0.3) is 0 Å². The predicted octanol–water partition coefficient (Wildman–Crippen LogP) is -0.707. The Morgan fingerprint density at radius 2 is 1.54 bits per heavy atom. The number of piperidine rings is 1. The zero-order valence-electron chi connectivity index (χ0n) is 14.9. The van der Waals surface area contributed by atoms with Gasteiger partial charge in [-0.05, 0) is 49.5 Å². The van der Waals surface area contributed by atoms with Gasteiger partial charge in [-0.1, -0.05) is 17.5 Å². The molecule has 1 fully saturated rings. The summed E-state index contributed by atoms with van der Waals surface area (Å²) in [6.07, 6.45) is 2.56. The first-order chi connectivity index (χ1) is 11.7. The topological polar surface area (TPSA) is 37.4 Å². The zero-order valence-corrected chi connectivity index (χ0v) is 15.7. The molecule has 0 amide bonds. The second kappa shape index (κ2) is 7.20. The van der Waals surface area contributed by atoms with E-state index < -0.39 is 25.5 Å². The van der Waals surface area contributed by atoms with Crippen molar-refractivity contribution in [3.8, 4) is 0 Å². The maximum absolute atomic E-state index is 11.8. The molecule has 1 saturated heterocycles. The Balaban J connectivity index is 2.15. The molecule has 120 valence electrons. The molecular formula is C15H16B7NO2S. The van der Waals surface area contributed by atoms with Gasteiger partial charge in [0.25, 0.3) is 0 Å². The molecule has 3 nitrogen and oxygen atoms in total. The standard InChI is InChI=1S/C15H16B7NO2S/c1-26(24,25)12-4-2-3-11(9-12)10-5-7-23(8-6-10)15(21,22)13(16,17)14(18,19)20/h2-4,9-10H,5-8H2,1H3. The van der Waals surface area contributed by atoms with E-state index in [4.69, 9.17) is 54.9 Å². The molecule has 0 bridgehead atoms. The average Bonchev–Trinajstić information content (AvgIpc) is 2.53. The summed E-state index contributed by atoms with van der Waals surface area (Å²) in [5.41, 5.74) is 0.949. The minimum Gasteiger partial charge on any atom is -0.315 e. The van der Waals surface area contributed by atoms with Crippen molar-refractivity contribution >= 4 is 64.8 Å². The maximum Gasteiger partial charge on any atom is 0.175 e. The van der Waals surface area contributed by atoms with Crippen molar-refractivity contribution in [2.75, 3.05) is 19.3 Å². The van der Waals surface area contributed by atoms with Crippen molar-refractivity contribution in [1.82, 2.24) is 4.90 Å². The van der Waals surface area contributed by atoms with Gasteiger partial charge in [-0.2, -0.15) is 0 Å². The van der Waals surface area contributed by atoms with Crippen molar-refractivity contribution in [2.45, 2.75) is 39.3 Å². The first-order valence-corrected chi connectivity index (χ1v) is 10.1. The van der Waals surface area contributed by atoms with Gasteiger partial charge in [-0.3, -0.25) is 0 Å². The van der Waals surface area contributed by atoms with Crippen LogP contribution in [0, 0.1) is 0 Å². The van der Waals surface area contributed by atoms with Gasteiger partial charge in [-0.15, -0.1) is 10.3 Å². The summed E-state index contributed by atoms with van der Waals surface area (Å²) in [5, 5.41) is -5.63. The molecule has 0 atom stereocenters. The molecule has 1 aliphatic heterocycles. The van der Waals surface area contributed by atoms with E-state index >= 15 is 0 Å². The van der Waals surface area contributed by atoms with Crippen LogP contribution in [0.4, 0.5) is 0 Å². The summed E-state index contributed by atoms with van der Waals surface area (Å²) >= 11 is 0. The lowest BCUT2D eigenvalue weighted by atomic mass is 9.15. The second-order valence-electron chi connectivity index (χ2n) is 7.23. The number of likely N-dealkylation sites (tertiary alicyclic amines) is 1. The molecule has 14 radical (unpaired) electrons. The first kappa shape index (κ1) is 21.9. The number of rotatable bonds is 5. The number of sulfone groups is 1. The predicted molar refractivity (Wildman–Crippen MR) is 111 cm³/mol. The molecule has 0 spiro atoms. The Bertz CT molecular complexity index is 754.